The van der Waals surface area contributed by atoms with Crippen molar-refractivity contribution in [3.8, 4) is 0 Å². The van der Waals surface area contributed by atoms with Crippen LogP contribution in [0.2, 0.25) is 0 Å². The number of carbonyl (C=O) groups excluding carboxylic acids is 1. The van der Waals surface area contributed by atoms with E-state index in [1.807, 2.05) is 33.8 Å². The molecule has 8 heteroatoms. The molecule has 2 aliphatic heterocycles. The van der Waals surface area contributed by atoms with Crippen LogP contribution in [0.15, 0.2) is 11.0 Å². The van der Waals surface area contributed by atoms with Crippen molar-refractivity contribution in [3.63, 3.8) is 0 Å². The normalized spacial score (nSPS) is 21.8. The maximum Gasteiger partial charge on any atom is 0.251 e. The molecule has 0 spiro atoms. The Hall–Kier alpha value is -1.48. The summed E-state index contributed by atoms with van der Waals surface area (Å²) in [5.41, 5.74) is 3.55. The molecule has 3 rings (SSSR count). The largest absolute Gasteiger partial charge is 0.376 e. The van der Waals surface area contributed by atoms with Crippen LogP contribution < -0.4 is 0 Å². The van der Waals surface area contributed by atoms with Crippen molar-refractivity contribution in [2.45, 2.75) is 71.0 Å². The van der Waals surface area contributed by atoms with Gasteiger partial charge in [-0.05, 0) is 76.1 Å². The highest BCUT2D eigenvalue weighted by Gasteiger charge is 2.34. The number of rotatable bonds is 6. The quantitative estimate of drug-likeness (QED) is 0.663. The van der Waals surface area contributed by atoms with Gasteiger partial charge in [-0.3, -0.25) is 4.79 Å². The predicted molar refractivity (Wildman–Crippen MR) is 120 cm³/mol. The number of sulfonamides is 1. The molecule has 2 saturated heterocycles. The Kier molecular flexibility index (Phi) is 7.78. The molecule has 0 saturated carbocycles. The van der Waals surface area contributed by atoms with E-state index >= 15 is 0 Å². The minimum absolute atomic E-state index is 0.0651. The molecule has 2 heterocycles. The molecule has 31 heavy (non-hydrogen) atoms. The maximum absolute atomic E-state index is 13.4. The lowest BCUT2D eigenvalue weighted by Gasteiger charge is -2.36. The molecular formula is C23H36N2O5S. The first-order valence-electron chi connectivity index (χ1n) is 11.2. The molecule has 1 aromatic carbocycles. The molecule has 0 aliphatic carbocycles. The Balaban J connectivity index is 1.60. The van der Waals surface area contributed by atoms with E-state index in [0.29, 0.717) is 37.7 Å². The number of benzene rings is 1. The number of carbonyl (C=O) groups is 1. The van der Waals surface area contributed by atoms with Gasteiger partial charge in [0.1, 0.15) is 6.10 Å². The summed E-state index contributed by atoms with van der Waals surface area (Å²) in [7, 11) is -3.61. The van der Waals surface area contributed by atoms with Crippen LogP contribution in [0.1, 0.15) is 48.4 Å². The van der Waals surface area contributed by atoms with Gasteiger partial charge in [0, 0.05) is 32.8 Å². The van der Waals surface area contributed by atoms with Gasteiger partial charge >= 0.3 is 0 Å². The molecule has 0 N–H and O–H groups in total. The second-order valence-electron chi connectivity index (χ2n) is 8.78. The third kappa shape index (κ3) is 5.30. The Morgan fingerprint density at radius 2 is 1.71 bits per heavy atom. The first-order chi connectivity index (χ1) is 14.6. The number of piperazine rings is 1. The van der Waals surface area contributed by atoms with Crippen molar-refractivity contribution in [2.24, 2.45) is 0 Å². The van der Waals surface area contributed by atoms with E-state index in [4.69, 9.17) is 9.47 Å². The molecule has 7 nitrogen and oxygen atoms in total. The van der Waals surface area contributed by atoms with E-state index in [2.05, 4.69) is 0 Å². The molecule has 0 radical (unpaired) electrons. The fourth-order valence-electron chi connectivity index (χ4n) is 4.36. The summed E-state index contributed by atoms with van der Waals surface area (Å²) in [6, 6.07) is 2.03. The minimum atomic E-state index is -3.61. The van der Waals surface area contributed by atoms with E-state index in [1.165, 1.54) is 4.31 Å². The maximum atomic E-state index is 13.4. The smallest absolute Gasteiger partial charge is 0.251 e. The Bertz CT molecular complexity index is 875. The molecule has 2 fully saturated rings. The van der Waals surface area contributed by atoms with Gasteiger partial charge in [-0.15, -0.1) is 0 Å². The minimum Gasteiger partial charge on any atom is -0.376 e. The number of hydrogen-bond acceptors (Lipinski definition) is 5. The zero-order valence-electron chi connectivity index (χ0n) is 19.4. The lowest BCUT2D eigenvalue weighted by atomic mass is 10.0. The molecule has 0 unspecified atom stereocenters. The van der Waals surface area contributed by atoms with Crippen LogP contribution in [0.3, 0.4) is 0 Å². The molecular weight excluding hydrogens is 416 g/mol. The summed E-state index contributed by atoms with van der Waals surface area (Å²) in [5, 5.41) is 0. The number of hydrogen-bond donors (Lipinski definition) is 0. The summed E-state index contributed by atoms with van der Waals surface area (Å²) in [6.07, 6.45) is 2.69. The van der Waals surface area contributed by atoms with Crippen LogP contribution in [-0.4, -0.2) is 75.1 Å². The lowest BCUT2D eigenvalue weighted by Crippen LogP contribution is -2.53. The van der Waals surface area contributed by atoms with Gasteiger partial charge in [-0.1, -0.05) is 6.07 Å². The summed E-state index contributed by atoms with van der Waals surface area (Å²) in [5.74, 6) is -0.0911. The number of nitrogens with zero attached hydrogens (tertiary/aromatic N) is 2. The van der Waals surface area contributed by atoms with E-state index in [9.17, 15) is 13.2 Å². The Morgan fingerprint density at radius 3 is 2.26 bits per heavy atom. The lowest BCUT2D eigenvalue weighted by molar-refractivity contribution is -0.147. The predicted octanol–water partition coefficient (Wildman–Crippen LogP) is 2.73. The van der Waals surface area contributed by atoms with Crippen molar-refractivity contribution in [1.82, 2.24) is 9.21 Å². The monoisotopic (exact) mass is 452 g/mol. The molecule has 174 valence electrons. The number of ether oxygens (including phenoxy) is 2. The first-order valence-corrected chi connectivity index (χ1v) is 12.7. The summed E-state index contributed by atoms with van der Waals surface area (Å²) >= 11 is 0. The molecule has 2 aliphatic rings. The topological polar surface area (TPSA) is 76.2 Å². The van der Waals surface area contributed by atoms with Crippen LogP contribution in [0, 0.1) is 27.7 Å². The van der Waals surface area contributed by atoms with E-state index in [1.54, 1.807) is 11.8 Å². The van der Waals surface area contributed by atoms with Crippen molar-refractivity contribution in [1.29, 1.82) is 0 Å². The number of aryl methyl sites for hydroxylation is 2. The standard InChI is InChI=1S/C23H36N2O5S/c1-16-14-17(2)19(4)22(18(16)3)31(27,28)25-11-9-24(10-12-25)23(26)20(5)30-15-21-8-6-7-13-29-21/h14,20-21H,6-13,15H2,1-5H3/t20-,21-/m0/s1. The summed E-state index contributed by atoms with van der Waals surface area (Å²) < 4.78 is 39.7. The first kappa shape index (κ1) is 24.2. The molecule has 2 atom stereocenters. The third-order valence-electron chi connectivity index (χ3n) is 6.60. The van der Waals surface area contributed by atoms with Crippen molar-refractivity contribution < 1.29 is 22.7 Å². The van der Waals surface area contributed by atoms with Gasteiger partial charge < -0.3 is 14.4 Å². The third-order valence-corrected chi connectivity index (χ3v) is 8.77. The number of amides is 1. The fourth-order valence-corrected chi connectivity index (χ4v) is 6.36. The Labute approximate surface area is 186 Å². The fraction of sp³-hybridized carbons (Fsp3) is 0.696. The van der Waals surface area contributed by atoms with Gasteiger partial charge in [-0.25, -0.2) is 8.42 Å². The molecule has 0 bridgehead atoms. The molecule has 1 amide bonds. The van der Waals surface area contributed by atoms with Gasteiger partial charge in [0.15, 0.2) is 0 Å². The van der Waals surface area contributed by atoms with E-state index in [-0.39, 0.29) is 12.0 Å². The highest BCUT2D eigenvalue weighted by molar-refractivity contribution is 7.89. The second kappa shape index (κ2) is 9.98. The summed E-state index contributed by atoms with van der Waals surface area (Å²) in [4.78, 5) is 14.9. The van der Waals surface area contributed by atoms with Gasteiger partial charge in [0.05, 0.1) is 17.6 Å². The molecule has 0 aromatic heterocycles. The Morgan fingerprint density at radius 1 is 1.10 bits per heavy atom. The average Bonchev–Trinajstić information content (AvgIpc) is 2.76. The SMILES string of the molecule is Cc1cc(C)c(C)c(S(=O)(=O)N2CCN(C(=O)[C@H](C)OC[C@@H]3CCCCO3)CC2)c1C. The van der Waals surface area contributed by atoms with Crippen LogP contribution in [0.4, 0.5) is 0 Å². The van der Waals surface area contributed by atoms with Gasteiger partial charge in [0.2, 0.25) is 10.0 Å². The zero-order valence-corrected chi connectivity index (χ0v) is 20.3. The van der Waals surface area contributed by atoms with Crippen LogP contribution >= 0.6 is 0 Å². The highest BCUT2D eigenvalue weighted by atomic mass is 32.2. The van der Waals surface area contributed by atoms with E-state index < -0.39 is 16.1 Å². The average molecular weight is 453 g/mol. The second-order valence-corrected chi connectivity index (χ2v) is 10.7. The van der Waals surface area contributed by atoms with Crippen LogP contribution in [0.25, 0.3) is 0 Å². The van der Waals surface area contributed by atoms with Crippen molar-refractivity contribution in [3.05, 3.63) is 28.3 Å². The van der Waals surface area contributed by atoms with Crippen LogP contribution in [0.5, 0.6) is 0 Å². The van der Waals surface area contributed by atoms with Crippen molar-refractivity contribution in [2.75, 3.05) is 39.4 Å². The van der Waals surface area contributed by atoms with Crippen LogP contribution in [-0.2, 0) is 24.3 Å². The molecule has 1 aromatic rings. The summed E-state index contributed by atoms with van der Waals surface area (Å²) in [6.45, 7) is 11.9. The van der Waals surface area contributed by atoms with Crippen molar-refractivity contribution >= 4 is 15.9 Å². The highest BCUT2D eigenvalue weighted by Crippen LogP contribution is 2.29. The van der Waals surface area contributed by atoms with Gasteiger partial charge in [0.25, 0.3) is 5.91 Å². The zero-order chi connectivity index (χ0) is 22.8. The van der Waals surface area contributed by atoms with Gasteiger partial charge in [-0.2, -0.15) is 4.31 Å². The van der Waals surface area contributed by atoms with E-state index in [0.717, 1.165) is 48.1 Å².